The van der Waals surface area contributed by atoms with E-state index < -0.39 is 0 Å². The highest BCUT2D eigenvalue weighted by atomic mass is 32.1. The van der Waals surface area contributed by atoms with Crippen LogP contribution in [0.25, 0.3) is 10.2 Å². The second-order valence-electron chi connectivity index (χ2n) is 5.48. The van der Waals surface area contributed by atoms with Crippen LogP contribution in [0.15, 0.2) is 53.5 Å². The Morgan fingerprint density at radius 3 is 2.67 bits per heavy atom. The molecule has 0 saturated carbocycles. The van der Waals surface area contributed by atoms with Crippen molar-refractivity contribution in [1.82, 2.24) is 4.57 Å². The van der Waals surface area contributed by atoms with Crippen molar-refractivity contribution in [3.05, 3.63) is 64.5 Å². The summed E-state index contributed by atoms with van der Waals surface area (Å²) in [6.45, 7) is 5.93. The van der Waals surface area contributed by atoms with Crippen LogP contribution in [0.1, 0.15) is 22.8 Å². The molecule has 124 valence electrons. The number of carbonyl (C=O) groups is 1. The van der Waals surface area contributed by atoms with Crippen LogP contribution in [0.2, 0.25) is 0 Å². The lowest BCUT2D eigenvalue weighted by molar-refractivity contribution is 0.0996. The fraction of sp³-hybridized carbons (Fsp3) is 0.263. The Labute approximate surface area is 145 Å². The molecule has 2 aromatic carbocycles. The minimum atomic E-state index is -0.216. The van der Waals surface area contributed by atoms with Crippen molar-refractivity contribution in [2.24, 2.45) is 4.99 Å². The number of rotatable bonds is 5. The molecule has 0 aliphatic carbocycles. The average Bonchev–Trinajstić information content (AvgIpc) is 2.93. The SMILES string of the molecule is CCOCCn1c(=NC(=O)c2ccc(C)cc2)sc2ccccc21. The predicted octanol–water partition coefficient (Wildman–Crippen LogP) is 3.79. The Balaban J connectivity index is 2.01. The van der Waals surface area contributed by atoms with E-state index in [0.29, 0.717) is 30.1 Å². The average molecular weight is 340 g/mol. The molecule has 24 heavy (non-hydrogen) atoms. The summed E-state index contributed by atoms with van der Waals surface area (Å²) in [7, 11) is 0. The second kappa shape index (κ2) is 7.55. The molecule has 3 rings (SSSR count). The van der Waals surface area contributed by atoms with Crippen molar-refractivity contribution in [2.75, 3.05) is 13.2 Å². The van der Waals surface area contributed by atoms with Gasteiger partial charge >= 0.3 is 0 Å². The summed E-state index contributed by atoms with van der Waals surface area (Å²) in [5.41, 5.74) is 2.81. The fourth-order valence-corrected chi connectivity index (χ4v) is 3.52. The van der Waals surface area contributed by atoms with E-state index in [1.165, 1.54) is 11.3 Å². The molecule has 0 aliphatic heterocycles. The maximum absolute atomic E-state index is 12.5. The smallest absolute Gasteiger partial charge is 0.279 e. The van der Waals surface area contributed by atoms with Crippen LogP contribution < -0.4 is 4.80 Å². The van der Waals surface area contributed by atoms with Gasteiger partial charge in [0.15, 0.2) is 4.80 Å². The lowest BCUT2D eigenvalue weighted by atomic mass is 10.1. The van der Waals surface area contributed by atoms with Gasteiger partial charge in [0.25, 0.3) is 5.91 Å². The predicted molar refractivity (Wildman–Crippen MR) is 97.4 cm³/mol. The quantitative estimate of drug-likeness (QED) is 0.663. The summed E-state index contributed by atoms with van der Waals surface area (Å²) in [6, 6.07) is 15.6. The maximum atomic E-state index is 12.5. The van der Waals surface area contributed by atoms with Crippen LogP contribution in [-0.2, 0) is 11.3 Å². The summed E-state index contributed by atoms with van der Waals surface area (Å²) in [5, 5.41) is 0. The van der Waals surface area contributed by atoms with Gasteiger partial charge in [-0.05, 0) is 38.1 Å². The van der Waals surface area contributed by atoms with Gasteiger partial charge in [0.1, 0.15) is 0 Å². The highest BCUT2D eigenvalue weighted by Gasteiger charge is 2.09. The Morgan fingerprint density at radius 2 is 1.92 bits per heavy atom. The Bertz CT molecular complexity index is 907. The van der Waals surface area contributed by atoms with E-state index >= 15 is 0 Å². The summed E-state index contributed by atoms with van der Waals surface area (Å²) in [6.07, 6.45) is 0. The van der Waals surface area contributed by atoms with Gasteiger partial charge in [-0.25, -0.2) is 0 Å². The van der Waals surface area contributed by atoms with Crippen LogP contribution >= 0.6 is 11.3 Å². The van der Waals surface area contributed by atoms with Crippen LogP contribution in [-0.4, -0.2) is 23.7 Å². The highest BCUT2D eigenvalue weighted by Crippen LogP contribution is 2.17. The second-order valence-corrected chi connectivity index (χ2v) is 6.49. The molecule has 0 atom stereocenters. The lowest BCUT2D eigenvalue weighted by Gasteiger charge is -2.05. The summed E-state index contributed by atoms with van der Waals surface area (Å²) < 4.78 is 8.64. The van der Waals surface area contributed by atoms with E-state index in [-0.39, 0.29) is 5.91 Å². The van der Waals surface area contributed by atoms with Crippen molar-refractivity contribution >= 4 is 27.5 Å². The van der Waals surface area contributed by atoms with E-state index in [2.05, 4.69) is 9.56 Å². The number of fused-ring (bicyclic) bond motifs is 1. The van der Waals surface area contributed by atoms with E-state index in [4.69, 9.17) is 4.74 Å². The molecular weight excluding hydrogens is 320 g/mol. The molecule has 0 saturated heterocycles. The number of benzene rings is 2. The molecule has 4 nitrogen and oxygen atoms in total. The van der Waals surface area contributed by atoms with Crippen molar-refractivity contribution < 1.29 is 9.53 Å². The number of ether oxygens (including phenoxy) is 1. The monoisotopic (exact) mass is 340 g/mol. The Kier molecular flexibility index (Phi) is 5.23. The van der Waals surface area contributed by atoms with Gasteiger partial charge in [-0.2, -0.15) is 4.99 Å². The molecule has 1 heterocycles. The Morgan fingerprint density at radius 1 is 1.17 bits per heavy atom. The molecule has 1 aromatic heterocycles. The number of thiazole rings is 1. The third kappa shape index (κ3) is 3.63. The first kappa shape index (κ1) is 16.6. The van der Waals surface area contributed by atoms with Crippen LogP contribution in [0.5, 0.6) is 0 Å². The van der Waals surface area contributed by atoms with Gasteiger partial charge in [-0.1, -0.05) is 41.2 Å². The summed E-state index contributed by atoms with van der Waals surface area (Å²) in [5.74, 6) is -0.216. The number of amides is 1. The molecule has 0 aliphatic rings. The largest absolute Gasteiger partial charge is 0.380 e. The molecule has 1 amide bonds. The fourth-order valence-electron chi connectivity index (χ4n) is 2.47. The zero-order valence-electron chi connectivity index (χ0n) is 13.9. The van der Waals surface area contributed by atoms with Crippen LogP contribution in [0.3, 0.4) is 0 Å². The number of para-hydroxylation sites is 1. The zero-order valence-corrected chi connectivity index (χ0v) is 14.7. The van der Waals surface area contributed by atoms with Gasteiger partial charge in [0.2, 0.25) is 0 Å². The molecule has 0 bridgehead atoms. The van der Waals surface area contributed by atoms with Gasteiger partial charge in [-0.15, -0.1) is 0 Å². The molecule has 0 unspecified atom stereocenters. The maximum Gasteiger partial charge on any atom is 0.279 e. The molecular formula is C19H20N2O2S. The summed E-state index contributed by atoms with van der Waals surface area (Å²) >= 11 is 1.53. The number of carbonyl (C=O) groups excluding carboxylic acids is 1. The third-order valence-electron chi connectivity index (χ3n) is 3.75. The van der Waals surface area contributed by atoms with E-state index in [0.717, 1.165) is 15.8 Å². The Hall–Kier alpha value is -2.24. The van der Waals surface area contributed by atoms with Gasteiger partial charge in [0, 0.05) is 18.7 Å². The molecule has 0 spiro atoms. The zero-order chi connectivity index (χ0) is 16.9. The number of hydrogen-bond acceptors (Lipinski definition) is 3. The van der Waals surface area contributed by atoms with Crippen molar-refractivity contribution in [3.63, 3.8) is 0 Å². The standard InChI is InChI=1S/C19H20N2O2S/c1-3-23-13-12-21-16-6-4-5-7-17(16)24-19(21)20-18(22)15-10-8-14(2)9-11-15/h4-11H,3,12-13H2,1-2H3. The lowest BCUT2D eigenvalue weighted by Crippen LogP contribution is -2.19. The van der Waals surface area contributed by atoms with Gasteiger partial charge < -0.3 is 9.30 Å². The summed E-state index contributed by atoms with van der Waals surface area (Å²) in [4.78, 5) is 17.6. The third-order valence-corrected chi connectivity index (χ3v) is 4.81. The van der Waals surface area contributed by atoms with Crippen LogP contribution in [0.4, 0.5) is 0 Å². The minimum Gasteiger partial charge on any atom is -0.380 e. The van der Waals surface area contributed by atoms with Gasteiger partial charge in [-0.3, -0.25) is 4.79 Å². The topological polar surface area (TPSA) is 43.6 Å². The molecule has 0 fully saturated rings. The number of hydrogen-bond donors (Lipinski definition) is 0. The van der Waals surface area contributed by atoms with E-state index in [1.54, 1.807) is 0 Å². The number of nitrogens with zero attached hydrogens (tertiary/aromatic N) is 2. The first-order valence-electron chi connectivity index (χ1n) is 8.01. The molecule has 0 N–H and O–H groups in total. The van der Waals surface area contributed by atoms with Crippen LogP contribution in [0, 0.1) is 6.92 Å². The highest BCUT2D eigenvalue weighted by molar-refractivity contribution is 7.16. The van der Waals surface area contributed by atoms with Crippen molar-refractivity contribution in [3.8, 4) is 0 Å². The van der Waals surface area contributed by atoms with E-state index in [9.17, 15) is 4.79 Å². The minimum absolute atomic E-state index is 0.216. The number of aromatic nitrogens is 1. The molecule has 5 heteroatoms. The molecule has 0 radical (unpaired) electrons. The van der Waals surface area contributed by atoms with Crippen molar-refractivity contribution in [1.29, 1.82) is 0 Å². The first-order valence-corrected chi connectivity index (χ1v) is 8.82. The molecule has 3 aromatic rings. The van der Waals surface area contributed by atoms with Crippen molar-refractivity contribution in [2.45, 2.75) is 20.4 Å². The van der Waals surface area contributed by atoms with Gasteiger partial charge in [0.05, 0.1) is 16.8 Å². The first-order chi connectivity index (χ1) is 11.7. The normalized spacial score (nSPS) is 12.0. The van der Waals surface area contributed by atoms with E-state index in [1.807, 2.05) is 62.4 Å². The number of aryl methyl sites for hydroxylation is 1.